The van der Waals surface area contributed by atoms with Crippen molar-refractivity contribution >= 4 is 5.91 Å². The van der Waals surface area contributed by atoms with E-state index in [2.05, 4.69) is 0 Å². The summed E-state index contributed by atoms with van der Waals surface area (Å²) in [6.07, 6.45) is 1.91. The maximum Gasteiger partial charge on any atom is 0.219 e. The van der Waals surface area contributed by atoms with Crippen LogP contribution in [0.25, 0.3) is 0 Å². The summed E-state index contributed by atoms with van der Waals surface area (Å²) < 4.78 is 5.92. The van der Waals surface area contributed by atoms with E-state index in [-0.39, 0.29) is 5.91 Å². The second-order valence-corrected chi connectivity index (χ2v) is 4.76. The molecule has 3 aliphatic heterocycles. The smallest absolute Gasteiger partial charge is 0.219 e. The maximum absolute atomic E-state index is 11.3. The van der Waals surface area contributed by atoms with Crippen LogP contribution in [0.15, 0.2) is 0 Å². The lowest BCUT2D eigenvalue weighted by Gasteiger charge is -2.23. The number of carbonyl (C=O) groups excluding carboxylic acids is 1. The summed E-state index contributed by atoms with van der Waals surface area (Å²) in [5.74, 6) is 0.164. The van der Waals surface area contributed by atoms with Crippen molar-refractivity contribution in [3.05, 3.63) is 0 Å². The highest BCUT2D eigenvalue weighted by molar-refractivity contribution is 5.73. The highest BCUT2D eigenvalue weighted by Crippen LogP contribution is 2.31. The van der Waals surface area contributed by atoms with Gasteiger partial charge in [0.25, 0.3) is 0 Å². The number of amides is 1. The normalized spacial score (nSPS) is 48.6. The molecular weight excluding hydrogens is 180 g/mol. The summed E-state index contributed by atoms with van der Waals surface area (Å²) >= 11 is 0. The van der Waals surface area contributed by atoms with Crippen LogP contribution in [0.3, 0.4) is 0 Å². The van der Waals surface area contributed by atoms with Gasteiger partial charge in [-0.05, 0) is 0 Å². The zero-order valence-corrected chi connectivity index (χ0v) is 8.69. The molecule has 4 nitrogen and oxygen atoms in total. The van der Waals surface area contributed by atoms with Crippen LogP contribution in [0.1, 0.15) is 13.3 Å². The van der Waals surface area contributed by atoms with Crippen molar-refractivity contribution in [2.75, 3.05) is 20.1 Å². The standard InChI is InChI=1S/C10H16N2O2/c1-6(13)11(2)9-8-5-12-4-3-7(14-8)10(9)12/h7-10H,3-5H2,1-2H3/p+1/t7-,8+,9-,10+/m1/s1. The van der Waals surface area contributed by atoms with Gasteiger partial charge in [0.1, 0.15) is 30.8 Å². The van der Waals surface area contributed by atoms with Crippen LogP contribution >= 0.6 is 0 Å². The van der Waals surface area contributed by atoms with Gasteiger partial charge in [-0.15, -0.1) is 0 Å². The Morgan fingerprint density at radius 2 is 2.29 bits per heavy atom. The number of rotatable bonds is 1. The first-order chi connectivity index (χ1) is 6.68. The fourth-order valence-electron chi connectivity index (χ4n) is 3.45. The Balaban J connectivity index is 1.87. The molecule has 1 amide bonds. The van der Waals surface area contributed by atoms with Crippen molar-refractivity contribution in [2.24, 2.45) is 0 Å². The summed E-state index contributed by atoms with van der Waals surface area (Å²) in [6.45, 7) is 3.97. The number of morpholine rings is 1. The molecule has 3 heterocycles. The number of nitrogens with zero attached hydrogens (tertiary/aromatic N) is 1. The topological polar surface area (TPSA) is 34.0 Å². The molecule has 3 fully saturated rings. The molecule has 0 spiro atoms. The zero-order chi connectivity index (χ0) is 9.87. The minimum Gasteiger partial charge on any atom is -0.360 e. The van der Waals surface area contributed by atoms with E-state index in [1.165, 1.54) is 13.0 Å². The van der Waals surface area contributed by atoms with Crippen LogP contribution in [0.4, 0.5) is 0 Å². The van der Waals surface area contributed by atoms with Gasteiger partial charge in [0, 0.05) is 20.4 Å². The number of hydrogen-bond donors (Lipinski definition) is 1. The van der Waals surface area contributed by atoms with Crippen LogP contribution in [0.2, 0.25) is 0 Å². The van der Waals surface area contributed by atoms with Crippen molar-refractivity contribution < 1.29 is 14.4 Å². The number of likely N-dealkylation sites (N-methyl/N-ethyl adjacent to an activating group) is 1. The molecule has 0 aromatic heterocycles. The first kappa shape index (κ1) is 8.68. The molecule has 3 aliphatic rings. The fourth-order valence-corrected chi connectivity index (χ4v) is 3.45. The summed E-state index contributed by atoms with van der Waals surface area (Å²) in [7, 11) is 1.91. The second kappa shape index (κ2) is 2.70. The summed E-state index contributed by atoms with van der Waals surface area (Å²) in [4.78, 5) is 14.9. The van der Waals surface area contributed by atoms with Crippen molar-refractivity contribution in [3.63, 3.8) is 0 Å². The van der Waals surface area contributed by atoms with E-state index < -0.39 is 0 Å². The van der Waals surface area contributed by atoms with Gasteiger partial charge in [0.05, 0.1) is 6.54 Å². The largest absolute Gasteiger partial charge is 0.360 e. The van der Waals surface area contributed by atoms with Gasteiger partial charge in [0.15, 0.2) is 0 Å². The van der Waals surface area contributed by atoms with E-state index in [4.69, 9.17) is 4.74 Å². The van der Waals surface area contributed by atoms with Gasteiger partial charge in [0.2, 0.25) is 5.91 Å². The first-order valence-electron chi connectivity index (χ1n) is 5.42. The monoisotopic (exact) mass is 197 g/mol. The van der Waals surface area contributed by atoms with Crippen molar-refractivity contribution in [1.82, 2.24) is 4.90 Å². The number of quaternary nitrogens is 1. The molecule has 1 N–H and O–H groups in total. The molecule has 0 aromatic carbocycles. The van der Waals surface area contributed by atoms with Gasteiger partial charge in [-0.2, -0.15) is 0 Å². The van der Waals surface area contributed by atoms with Crippen LogP contribution < -0.4 is 4.90 Å². The van der Waals surface area contributed by atoms with Gasteiger partial charge in [-0.1, -0.05) is 0 Å². The number of carbonyl (C=O) groups is 1. The van der Waals surface area contributed by atoms with E-state index in [0.29, 0.717) is 24.3 Å². The van der Waals surface area contributed by atoms with Gasteiger partial charge < -0.3 is 14.5 Å². The number of nitrogens with one attached hydrogen (secondary N) is 1. The number of hydrogen-bond acceptors (Lipinski definition) is 2. The van der Waals surface area contributed by atoms with E-state index >= 15 is 0 Å². The van der Waals surface area contributed by atoms with Crippen LogP contribution in [0, 0.1) is 0 Å². The fraction of sp³-hybridized carbons (Fsp3) is 0.900. The van der Waals surface area contributed by atoms with Crippen molar-refractivity contribution in [1.29, 1.82) is 0 Å². The third-order valence-corrected chi connectivity index (χ3v) is 4.13. The molecule has 78 valence electrons. The minimum absolute atomic E-state index is 0.164. The van der Waals surface area contributed by atoms with Gasteiger partial charge >= 0.3 is 0 Å². The van der Waals surface area contributed by atoms with Crippen LogP contribution in [-0.4, -0.2) is 55.2 Å². The number of fused-ring (bicyclic) bond motifs is 1. The summed E-state index contributed by atoms with van der Waals surface area (Å²) in [5, 5.41) is 0. The Morgan fingerprint density at radius 3 is 2.93 bits per heavy atom. The van der Waals surface area contributed by atoms with E-state index in [0.717, 1.165) is 6.54 Å². The molecule has 1 unspecified atom stereocenters. The predicted octanol–water partition coefficient (Wildman–Crippen LogP) is -1.73. The zero-order valence-electron chi connectivity index (χ0n) is 8.69. The molecule has 5 atom stereocenters. The molecule has 2 bridgehead atoms. The van der Waals surface area contributed by atoms with Gasteiger partial charge in [-0.3, -0.25) is 4.79 Å². The quantitative estimate of drug-likeness (QED) is 0.542. The third-order valence-electron chi connectivity index (χ3n) is 4.13. The average molecular weight is 197 g/mol. The molecule has 3 rings (SSSR count). The molecule has 3 saturated heterocycles. The highest BCUT2D eigenvalue weighted by atomic mass is 16.5. The average Bonchev–Trinajstić information content (AvgIpc) is 2.70. The van der Waals surface area contributed by atoms with Gasteiger partial charge in [-0.25, -0.2) is 0 Å². The van der Waals surface area contributed by atoms with E-state index in [1.807, 2.05) is 11.9 Å². The maximum atomic E-state index is 11.3. The van der Waals surface area contributed by atoms with Crippen LogP contribution in [-0.2, 0) is 9.53 Å². The number of ether oxygens (including phenoxy) is 1. The Labute approximate surface area is 83.8 Å². The second-order valence-electron chi connectivity index (χ2n) is 4.76. The van der Waals surface area contributed by atoms with Crippen LogP contribution in [0.5, 0.6) is 0 Å². The lowest BCUT2D eigenvalue weighted by molar-refractivity contribution is -0.907. The predicted molar refractivity (Wildman–Crippen MR) is 50.0 cm³/mol. The molecule has 0 saturated carbocycles. The molecular formula is C10H17N2O2+. The Hall–Kier alpha value is -0.610. The SMILES string of the molecule is CC(=O)N(C)[C@H]1[C@@H]2[C@H]3CC[NH+]2C[C@@H]1O3. The molecule has 0 radical (unpaired) electrons. The summed E-state index contributed by atoms with van der Waals surface area (Å²) in [5.41, 5.74) is 0. The Kier molecular flexibility index (Phi) is 1.67. The summed E-state index contributed by atoms with van der Waals surface area (Å²) in [6, 6.07) is 0.906. The third kappa shape index (κ3) is 0.929. The van der Waals surface area contributed by atoms with E-state index in [1.54, 1.807) is 11.8 Å². The Morgan fingerprint density at radius 1 is 1.50 bits per heavy atom. The molecule has 0 aromatic rings. The lowest BCUT2D eigenvalue weighted by Crippen LogP contribution is -3.13. The molecule has 0 aliphatic carbocycles. The highest BCUT2D eigenvalue weighted by Gasteiger charge is 2.62. The lowest BCUT2D eigenvalue weighted by atomic mass is 10.1. The van der Waals surface area contributed by atoms with E-state index in [9.17, 15) is 4.79 Å². The molecule has 14 heavy (non-hydrogen) atoms. The van der Waals surface area contributed by atoms with Crippen molar-refractivity contribution in [2.45, 2.75) is 37.6 Å². The Bertz CT molecular complexity index is 267. The molecule has 4 heteroatoms. The van der Waals surface area contributed by atoms with Crippen molar-refractivity contribution in [3.8, 4) is 0 Å². The first-order valence-corrected chi connectivity index (χ1v) is 5.42. The minimum atomic E-state index is 0.164.